The van der Waals surface area contributed by atoms with Gasteiger partial charge >= 0.3 is 5.97 Å². The molecule has 6 nitrogen and oxygen atoms in total. The first-order chi connectivity index (χ1) is 16.8. The van der Waals surface area contributed by atoms with Gasteiger partial charge in [-0.15, -0.1) is 11.8 Å². The zero-order chi connectivity index (χ0) is 24.9. The third kappa shape index (κ3) is 5.95. The van der Waals surface area contributed by atoms with Gasteiger partial charge in [-0.2, -0.15) is 0 Å². The van der Waals surface area contributed by atoms with Crippen LogP contribution in [0.3, 0.4) is 0 Å². The summed E-state index contributed by atoms with van der Waals surface area (Å²) < 4.78 is 0. The molecule has 0 fully saturated rings. The number of rotatable bonds is 7. The zero-order valence-corrected chi connectivity index (χ0v) is 20.4. The second-order valence-electron chi connectivity index (χ2n) is 7.45. The Morgan fingerprint density at radius 1 is 0.829 bits per heavy atom. The van der Waals surface area contributed by atoms with Crippen molar-refractivity contribution < 1.29 is 19.5 Å². The third-order valence-corrected chi connectivity index (χ3v) is 6.64. The lowest BCUT2D eigenvalue weighted by Crippen LogP contribution is -2.14. The number of amides is 2. The molecule has 0 saturated carbocycles. The van der Waals surface area contributed by atoms with Gasteiger partial charge < -0.3 is 15.7 Å². The first-order valence-electron chi connectivity index (χ1n) is 10.4. The number of carbonyl (C=O) groups excluding carboxylic acids is 2. The van der Waals surface area contributed by atoms with E-state index in [0.29, 0.717) is 32.2 Å². The average Bonchev–Trinajstić information content (AvgIpc) is 2.85. The molecule has 9 heteroatoms. The van der Waals surface area contributed by atoms with E-state index >= 15 is 0 Å². The van der Waals surface area contributed by atoms with Crippen molar-refractivity contribution >= 4 is 74.9 Å². The quantitative estimate of drug-likeness (QED) is 0.230. The number of anilines is 2. The molecule has 0 aliphatic carbocycles. The maximum Gasteiger partial charge on any atom is 0.336 e. The summed E-state index contributed by atoms with van der Waals surface area (Å²) in [6, 6.07) is 21.8. The van der Waals surface area contributed by atoms with Crippen molar-refractivity contribution in [2.24, 2.45) is 0 Å². The minimum atomic E-state index is -1.10. The van der Waals surface area contributed by atoms with E-state index in [0.717, 1.165) is 4.90 Å². The van der Waals surface area contributed by atoms with Crippen LogP contribution < -0.4 is 10.6 Å². The molecule has 4 aromatic rings. The molecule has 4 rings (SSSR count). The summed E-state index contributed by atoms with van der Waals surface area (Å²) in [5.41, 5.74) is 1.33. The number of nitrogens with one attached hydrogen (secondary N) is 2. The molecule has 0 bridgehead atoms. The van der Waals surface area contributed by atoms with Crippen LogP contribution >= 0.6 is 35.0 Å². The third-order valence-electron chi connectivity index (χ3n) is 5.06. The zero-order valence-electron chi connectivity index (χ0n) is 18.0. The van der Waals surface area contributed by atoms with Gasteiger partial charge in [-0.05, 0) is 60.0 Å². The summed E-state index contributed by atoms with van der Waals surface area (Å²) in [5, 5.41) is 17.0. The van der Waals surface area contributed by atoms with Crippen molar-refractivity contribution in [1.82, 2.24) is 0 Å². The Morgan fingerprint density at radius 3 is 2.20 bits per heavy atom. The summed E-state index contributed by atoms with van der Waals surface area (Å²) >= 11 is 13.3. The number of benzene rings is 4. The van der Waals surface area contributed by atoms with E-state index in [9.17, 15) is 19.5 Å². The molecule has 0 radical (unpaired) electrons. The van der Waals surface area contributed by atoms with Gasteiger partial charge in [0.25, 0.3) is 5.91 Å². The molecular weight excluding hydrogens is 507 g/mol. The molecule has 176 valence electrons. The van der Waals surface area contributed by atoms with Gasteiger partial charge in [0, 0.05) is 26.6 Å². The summed E-state index contributed by atoms with van der Waals surface area (Å²) in [4.78, 5) is 37.7. The van der Waals surface area contributed by atoms with Gasteiger partial charge in [-0.25, -0.2) is 4.79 Å². The lowest BCUT2D eigenvalue weighted by atomic mass is 9.98. The Balaban J connectivity index is 1.41. The van der Waals surface area contributed by atoms with Crippen LogP contribution in [0.15, 0.2) is 83.8 Å². The Labute approximate surface area is 215 Å². The van der Waals surface area contributed by atoms with Crippen molar-refractivity contribution in [2.45, 2.75) is 4.90 Å². The van der Waals surface area contributed by atoms with E-state index in [1.165, 1.54) is 17.8 Å². The van der Waals surface area contributed by atoms with Crippen molar-refractivity contribution in [2.75, 3.05) is 16.4 Å². The van der Waals surface area contributed by atoms with Crippen LogP contribution in [0, 0.1) is 0 Å². The summed E-state index contributed by atoms with van der Waals surface area (Å²) in [6.45, 7) is 0. The number of hydrogen-bond donors (Lipinski definition) is 3. The largest absolute Gasteiger partial charge is 0.478 e. The lowest BCUT2D eigenvalue weighted by molar-refractivity contribution is -0.113. The molecule has 3 N–H and O–H groups in total. The first-order valence-corrected chi connectivity index (χ1v) is 12.1. The standard InChI is InChI=1S/C26H18Cl2N2O4S/c27-16-7-12-21(28)22(13-16)30-23(31)14-35-18-10-8-17(9-11-18)29-25(32)19-5-1-3-15-4-2-6-20(24(15)19)26(33)34/h1-13H,14H2,(H,29,32)(H,30,31)(H,33,34). The van der Waals surface area contributed by atoms with Gasteiger partial charge in [0.05, 0.1) is 22.0 Å². The van der Waals surface area contributed by atoms with Gasteiger partial charge in [-0.3, -0.25) is 9.59 Å². The van der Waals surface area contributed by atoms with Gasteiger partial charge in [0.15, 0.2) is 0 Å². The van der Waals surface area contributed by atoms with Crippen molar-refractivity contribution in [3.05, 3.63) is 100 Å². The maximum absolute atomic E-state index is 12.9. The minimum absolute atomic E-state index is 0.0670. The molecule has 0 unspecified atom stereocenters. The van der Waals surface area contributed by atoms with E-state index in [4.69, 9.17) is 23.2 Å². The molecule has 0 saturated heterocycles. The number of carbonyl (C=O) groups is 3. The van der Waals surface area contributed by atoms with E-state index in [1.807, 2.05) is 0 Å². The molecule has 2 amide bonds. The van der Waals surface area contributed by atoms with E-state index < -0.39 is 11.9 Å². The fraction of sp³-hybridized carbons (Fsp3) is 0.0385. The summed E-state index contributed by atoms with van der Waals surface area (Å²) in [7, 11) is 0. The fourth-order valence-electron chi connectivity index (χ4n) is 3.47. The van der Waals surface area contributed by atoms with Crippen molar-refractivity contribution in [3.63, 3.8) is 0 Å². The average molecular weight is 525 g/mol. The number of halogens is 2. The van der Waals surface area contributed by atoms with Crippen LogP contribution in [0.1, 0.15) is 20.7 Å². The molecule has 0 aliphatic heterocycles. The minimum Gasteiger partial charge on any atom is -0.478 e. The van der Waals surface area contributed by atoms with Crippen molar-refractivity contribution in [3.8, 4) is 0 Å². The number of carboxylic acid groups (broad SMARTS) is 1. The molecular formula is C26H18Cl2N2O4S. The van der Waals surface area contributed by atoms with Gasteiger partial charge in [-0.1, -0.05) is 47.5 Å². The van der Waals surface area contributed by atoms with E-state index in [2.05, 4.69) is 10.6 Å². The number of fused-ring (bicyclic) bond motifs is 1. The highest BCUT2D eigenvalue weighted by molar-refractivity contribution is 8.00. The SMILES string of the molecule is O=C(CSc1ccc(NC(=O)c2cccc3cccc(C(=O)O)c23)cc1)Nc1cc(Cl)ccc1Cl. The van der Waals surface area contributed by atoms with Crippen LogP contribution in [0.2, 0.25) is 10.0 Å². The van der Waals surface area contributed by atoms with Gasteiger partial charge in [0.1, 0.15) is 0 Å². The van der Waals surface area contributed by atoms with Crippen LogP contribution in [-0.2, 0) is 4.79 Å². The smallest absolute Gasteiger partial charge is 0.336 e. The molecule has 0 heterocycles. The molecule has 0 aromatic heterocycles. The predicted molar refractivity (Wildman–Crippen MR) is 141 cm³/mol. The molecule has 4 aromatic carbocycles. The number of aromatic carboxylic acids is 1. The van der Waals surface area contributed by atoms with Crippen LogP contribution in [0.25, 0.3) is 10.8 Å². The van der Waals surface area contributed by atoms with Crippen LogP contribution in [0.5, 0.6) is 0 Å². The highest BCUT2D eigenvalue weighted by Gasteiger charge is 2.16. The Morgan fingerprint density at radius 2 is 1.51 bits per heavy atom. The number of hydrogen-bond acceptors (Lipinski definition) is 4. The van der Waals surface area contributed by atoms with Crippen molar-refractivity contribution in [1.29, 1.82) is 0 Å². The van der Waals surface area contributed by atoms with E-state index in [1.54, 1.807) is 72.8 Å². The maximum atomic E-state index is 12.9. The fourth-order valence-corrected chi connectivity index (χ4v) is 4.51. The lowest BCUT2D eigenvalue weighted by Gasteiger charge is -2.11. The van der Waals surface area contributed by atoms with E-state index in [-0.39, 0.29) is 22.8 Å². The van der Waals surface area contributed by atoms with Crippen LogP contribution in [0.4, 0.5) is 11.4 Å². The Kier molecular flexibility index (Phi) is 7.60. The summed E-state index contributed by atoms with van der Waals surface area (Å²) in [6.07, 6.45) is 0. The highest BCUT2D eigenvalue weighted by Crippen LogP contribution is 2.27. The second kappa shape index (κ2) is 10.8. The monoisotopic (exact) mass is 524 g/mol. The first kappa shape index (κ1) is 24.6. The molecule has 0 atom stereocenters. The summed E-state index contributed by atoms with van der Waals surface area (Å²) in [5.74, 6) is -1.59. The second-order valence-corrected chi connectivity index (χ2v) is 9.35. The molecule has 0 aliphatic rings. The predicted octanol–water partition coefficient (Wildman–Crippen LogP) is 6.83. The Hall–Kier alpha value is -3.52. The number of thioether (sulfide) groups is 1. The van der Waals surface area contributed by atoms with Gasteiger partial charge in [0.2, 0.25) is 5.91 Å². The van der Waals surface area contributed by atoms with Crippen LogP contribution in [-0.4, -0.2) is 28.6 Å². The Bertz CT molecular complexity index is 1440. The number of carboxylic acids is 1. The topological polar surface area (TPSA) is 95.5 Å². The molecule has 0 spiro atoms. The normalized spacial score (nSPS) is 10.7. The molecule has 35 heavy (non-hydrogen) atoms. The highest BCUT2D eigenvalue weighted by atomic mass is 35.5.